The summed E-state index contributed by atoms with van der Waals surface area (Å²) in [5.41, 5.74) is 1.16. The molecule has 1 unspecified atom stereocenters. The summed E-state index contributed by atoms with van der Waals surface area (Å²) in [5, 5.41) is 2.44. The number of fused-ring (bicyclic) bond motifs is 1. The average Bonchev–Trinajstić information content (AvgIpc) is 2.27. The zero-order chi connectivity index (χ0) is 9.97. The van der Waals surface area contributed by atoms with Crippen LogP contribution in [-0.4, -0.2) is 0 Å². The lowest BCUT2D eigenvalue weighted by atomic mass is 10.0. The molecule has 0 aliphatic heterocycles. The molecule has 0 radical (unpaired) electrons. The molecule has 2 rings (SSSR count). The molecular weight excluding hydrogens is 236 g/mol. The molecule has 0 fully saturated rings. The van der Waals surface area contributed by atoms with E-state index in [1.807, 2.05) is 18.2 Å². The molecule has 0 N–H and O–H groups in total. The van der Waals surface area contributed by atoms with Crippen LogP contribution >= 0.6 is 15.9 Å². The van der Waals surface area contributed by atoms with Gasteiger partial charge in [-0.25, -0.2) is 0 Å². The van der Waals surface area contributed by atoms with Gasteiger partial charge in [-0.05, 0) is 16.3 Å². The van der Waals surface area contributed by atoms with Crippen molar-refractivity contribution < 1.29 is 0 Å². The van der Waals surface area contributed by atoms with Gasteiger partial charge in [0.2, 0.25) is 0 Å². The fraction of sp³-hybridized carbons (Fsp3) is 0.0769. The minimum atomic E-state index is -0.00593. The van der Waals surface area contributed by atoms with Gasteiger partial charge in [-0.15, -0.1) is 6.42 Å². The van der Waals surface area contributed by atoms with Gasteiger partial charge in [0.15, 0.2) is 0 Å². The van der Waals surface area contributed by atoms with Gasteiger partial charge in [0, 0.05) is 0 Å². The molecule has 0 bridgehead atoms. The van der Waals surface area contributed by atoms with E-state index < -0.39 is 0 Å². The monoisotopic (exact) mass is 244 g/mol. The molecule has 0 heterocycles. The number of alkyl halides is 1. The highest BCUT2D eigenvalue weighted by molar-refractivity contribution is 9.09. The van der Waals surface area contributed by atoms with Crippen LogP contribution in [0.1, 0.15) is 10.4 Å². The molecule has 2 aromatic carbocycles. The van der Waals surface area contributed by atoms with Crippen LogP contribution in [0.4, 0.5) is 0 Å². The second-order valence-electron chi connectivity index (χ2n) is 3.10. The van der Waals surface area contributed by atoms with Crippen molar-refractivity contribution >= 4 is 26.7 Å². The summed E-state index contributed by atoms with van der Waals surface area (Å²) in [4.78, 5) is -0.00593. The highest BCUT2D eigenvalue weighted by Crippen LogP contribution is 2.28. The lowest BCUT2D eigenvalue weighted by molar-refractivity contribution is 1.34. The van der Waals surface area contributed by atoms with E-state index in [0.29, 0.717) is 0 Å². The Morgan fingerprint density at radius 2 is 1.79 bits per heavy atom. The summed E-state index contributed by atoms with van der Waals surface area (Å²) in [5.74, 6) is 2.69. The maximum Gasteiger partial charge on any atom is 0.101 e. The van der Waals surface area contributed by atoms with Crippen molar-refractivity contribution in [3.05, 3.63) is 48.0 Å². The molecule has 1 heteroatoms. The molecule has 0 spiro atoms. The molecule has 1 atom stereocenters. The number of rotatable bonds is 1. The summed E-state index contributed by atoms with van der Waals surface area (Å²) in [6.07, 6.45) is 5.40. The van der Waals surface area contributed by atoms with Gasteiger partial charge in [0.1, 0.15) is 4.83 Å². The average molecular weight is 245 g/mol. The molecule has 68 valence electrons. The topological polar surface area (TPSA) is 0 Å². The summed E-state index contributed by atoms with van der Waals surface area (Å²) in [6.45, 7) is 0. The molecule has 0 aliphatic carbocycles. The second kappa shape index (κ2) is 3.86. The summed E-state index contributed by atoms with van der Waals surface area (Å²) in [6, 6.07) is 14.4. The van der Waals surface area contributed by atoms with Crippen LogP contribution in [0.5, 0.6) is 0 Å². The van der Waals surface area contributed by atoms with Gasteiger partial charge in [-0.2, -0.15) is 0 Å². The molecule has 0 aliphatic rings. The number of hydrogen-bond donors (Lipinski definition) is 0. The maximum absolute atomic E-state index is 5.40. The van der Waals surface area contributed by atoms with Crippen LogP contribution in [0.25, 0.3) is 10.8 Å². The van der Waals surface area contributed by atoms with Gasteiger partial charge in [-0.1, -0.05) is 64.3 Å². The smallest absolute Gasteiger partial charge is 0.101 e. The van der Waals surface area contributed by atoms with Crippen molar-refractivity contribution in [3.63, 3.8) is 0 Å². The predicted octanol–water partition coefficient (Wildman–Crippen LogP) is 3.91. The fourth-order valence-electron chi connectivity index (χ4n) is 1.56. The van der Waals surface area contributed by atoms with Crippen molar-refractivity contribution in [2.75, 3.05) is 0 Å². The number of hydrogen-bond acceptors (Lipinski definition) is 0. The molecule has 0 saturated carbocycles. The Kier molecular flexibility index (Phi) is 2.56. The van der Waals surface area contributed by atoms with Crippen LogP contribution in [0.3, 0.4) is 0 Å². The largest absolute Gasteiger partial charge is 0.119 e. The van der Waals surface area contributed by atoms with Gasteiger partial charge < -0.3 is 0 Å². The Bertz CT molecular complexity index is 489. The van der Waals surface area contributed by atoms with E-state index in [1.54, 1.807) is 0 Å². The van der Waals surface area contributed by atoms with Crippen LogP contribution in [0.15, 0.2) is 42.5 Å². The molecule has 0 saturated heterocycles. The van der Waals surface area contributed by atoms with Gasteiger partial charge in [0.05, 0.1) is 0 Å². The van der Waals surface area contributed by atoms with Crippen molar-refractivity contribution in [3.8, 4) is 12.3 Å². The maximum atomic E-state index is 5.40. The predicted molar refractivity (Wildman–Crippen MR) is 64.4 cm³/mol. The third kappa shape index (κ3) is 1.54. The number of terminal acetylenes is 1. The van der Waals surface area contributed by atoms with E-state index in [1.165, 1.54) is 10.8 Å². The first kappa shape index (κ1) is 9.30. The molecular formula is C13H9Br. The molecule has 0 nitrogen and oxygen atoms in total. The van der Waals surface area contributed by atoms with Crippen LogP contribution in [0.2, 0.25) is 0 Å². The summed E-state index contributed by atoms with van der Waals surface area (Å²) < 4.78 is 0. The van der Waals surface area contributed by atoms with Gasteiger partial charge in [0.25, 0.3) is 0 Å². The van der Waals surface area contributed by atoms with E-state index in [-0.39, 0.29) is 4.83 Å². The third-order valence-corrected chi connectivity index (χ3v) is 3.00. The standard InChI is InChI=1S/C13H9Br/c1-2-13(14)12-9-5-7-10-6-3-4-8-11(10)12/h1,3-9,13H. The Balaban J connectivity index is 2.72. The minimum absolute atomic E-state index is 0.00593. The van der Waals surface area contributed by atoms with Crippen molar-refractivity contribution in [1.29, 1.82) is 0 Å². The Hall–Kier alpha value is -1.26. The second-order valence-corrected chi connectivity index (χ2v) is 4.01. The van der Waals surface area contributed by atoms with Crippen LogP contribution in [0, 0.1) is 12.3 Å². The zero-order valence-electron chi connectivity index (χ0n) is 7.57. The first-order valence-electron chi connectivity index (χ1n) is 4.41. The number of halogens is 1. The zero-order valence-corrected chi connectivity index (χ0v) is 9.16. The van der Waals surface area contributed by atoms with E-state index in [4.69, 9.17) is 6.42 Å². The first-order chi connectivity index (χ1) is 6.83. The van der Waals surface area contributed by atoms with E-state index in [0.717, 1.165) is 5.56 Å². The van der Waals surface area contributed by atoms with Crippen molar-refractivity contribution in [2.24, 2.45) is 0 Å². The van der Waals surface area contributed by atoms with E-state index >= 15 is 0 Å². The quantitative estimate of drug-likeness (QED) is 0.527. The van der Waals surface area contributed by atoms with Gasteiger partial charge >= 0.3 is 0 Å². The lowest BCUT2D eigenvalue weighted by Crippen LogP contribution is -1.87. The summed E-state index contributed by atoms with van der Waals surface area (Å²) in [7, 11) is 0. The number of benzene rings is 2. The molecule has 2 aromatic rings. The van der Waals surface area contributed by atoms with E-state index in [2.05, 4.69) is 46.1 Å². The Morgan fingerprint density at radius 3 is 2.57 bits per heavy atom. The highest BCUT2D eigenvalue weighted by atomic mass is 79.9. The normalized spacial score (nSPS) is 12.3. The highest BCUT2D eigenvalue weighted by Gasteiger charge is 2.06. The van der Waals surface area contributed by atoms with E-state index in [9.17, 15) is 0 Å². The molecule has 14 heavy (non-hydrogen) atoms. The Morgan fingerprint density at radius 1 is 1.07 bits per heavy atom. The molecule has 0 amide bonds. The SMILES string of the molecule is C#CC(Br)c1cccc2ccccc12. The van der Waals surface area contributed by atoms with Crippen molar-refractivity contribution in [1.82, 2.24) is 0 Å². The van der Waals surface area contributed by atoms with Gasteiger partial charge in [-0.3, -0.25) is 0 Å². The van der Waals surface area contributed by atoms with Crippen LogP contribution < -0.4 is 0 Å². The lowest BCUT2D eigenvalue weighted by Gasteiger charge is -2.07. The first-order valence-corrected chi connectivity index (χ1v) is 5.32. The fourth-order valence-corrected chi connectivity index (χ4v) is 1.96. The summed E-state index contributed by atoms with van der Waals surface area (Å²) >= 11 is 3.47. The molecule has 0 aromatic heterocycles. The Labute approximate surface area is 92.1 Å². The van der Waals surface area contributed by atoms with Crippen LogP contribution in [-0.2, 0) is 0 Å². The van der Waals surface area contributed by atoms with Crippen molar-refractivity contribution in [2.45, 2.75) is 4.83 Å². The third-order valence-electron chi connectivity index (χ3n) is 2.24. The minimum Gasteiger partial charge on any atom is -0.119 e.